The lowest BCUT2D eigenvalue weighted by atomic mass is 9.88. The Balaban J connectivity index is 1.96. The molecule has 0 saturated heterocycles. The van der Waals surface area contributed by atoms with E-state index in [2.05, 4.69) is 74.5 Å². The summed E-state index contributed by atoms with van der Waals surface area (Å²) in [5.74, 6) is 0.351. The standard InChI is InChI=1S/C21H23N/c1-3-4-15-22-16(2)18-10-7-8-12-20(18)21-14-13-17-9-5-6-11-19(17)21/h5-14,21H,3-4,15H2,1-2H3. The van der Waals surface area contributed by atoms with Gasteiger partial charge in [0.15, 0.2) is 0 Å². The highest BCUT2D eigenvalue weighted by atomic mass is 14.7. The summed E-state index contributed by atoms with van der Waals surface area (Å²) in [4.78, 5) is 4.76. The van der Waals surface area contributed by atoms with Crippen molar-refractivity contribution in [3.05, 3.63) is 76.9 Å². The fourth-order valence-electron chi connectivity index (χ4n) is 3.11. The molecule has 0 fully saturated rings. The normalized spacial score (nSPS) is 16.8. The van der Waals surface area contributed by atoms with Crippen LogP contribution in [0.25, 0.3) is 6.08 Å². The average molecular weight is 289 g/mol. The molecule has 0 bridgehead atoms. The van der Waals surface area contributed by atoms with E-state index in [1.54, 1.807) is 0 Å². The highest BCUT2D eigenvalue weighted by Gasteiger charge is 2.21. The molecule has 112 valence electrons. The van der Waals surface area contributed by atoms with Gasteiger partial charge in [-0.05, 0) is 35.6 Å². The Hall–Kier alpha value is -2.15. The summed E-state index contributed by atoms with van der Waals surface area (Å²) in [6.45, 7) is 5.27. The zero-order valence-corrected chi connectivity index (χ0v) is 13.4. The molecule has 0 aliphatic heterocycles. The number of nitrogens with zero attached hydrogens (tertiary/aromatic N) is 1. The third kappa shape index (κ3) is 2.89. The molecule has 22 heavy (non-hydrogen) atoms. The third-order valence-corrected chi connectivity index (χ3v) is 4.35. The Morgan fingerprint density at radius 2 is 1.73 bits per heavy atom. The lowest BCUT2D eigenvalue weighted by molar-refractivity contribution is 0.807. The lowest BCUT2D eigenvalue weighted by Gasteiger charge is -2.16. The van der Waals surface area contributed by atoms with E-state index in [-0.39, 0.29) is 0 Å². The molecule has 0 spiro atoms. The zero-order valence-electron chi connectivity index (χ0n) is 13.4. The van der Waals surface area contributed by atoms with E-state index in [9.17, 15) is 0 Å². The Bertz CT molecular complexity index is 709. The van der Waals surface area contributed by atoms with Crippen LogP contribution in [-0.4, -0.2) is 12.3 Å². The number of rotatable bonds is 5. The summed E-state index contributed by atoms with van der Waals surface area (Å²) in [7, 11) is 0. The molecular weight excluding hydrogens is 266 g/mol. The van der Waals surface area contributed by atoms with E-state index in [1.807, 2.05) is 0 Å². The van der Waals surface area contributed by atoms with E-state index >= 15 is 0 Å². The van der Waals surface area contributed by atoms with Crippen molar-refractivity contribution >= 4 is 11.8 Å². The van der Waals surface area contributed by atoms with Crippen LogP contribution in [0.2, 0.25) is 0 Å². The van der Waals surface area contributed by atoms with Crippen molar-refractivity contribution in [3.8, 4) is 0 Å². The van der Waals surface area contributed by atoms with Gasteiger partial charge in [0, 0.05) is 18.2 Å². The molecule has 2 aromatic rings. The maximum atomic E-state index is 4.76. The van der Waals surface area contributed by atoms with Crippen LogP contribution in [-0.2, 0) is 0 Å². The smallest absolute Gasteiger partial charge is 0.0392 e. The monoisotopic (exact) mass is 289 g/mol. The molecule has 1 heteroatoms. The highest BCUT2D eigenvalue weighted by molar-refractivity contribution is 6.00. The molecule has 3 rings (SSSR count). The minimum absolute atomic E-state index is 0.351. The van der Waals surface area contributed by atoms with Crippen LogP contribution in [0, 0.1) is 0 Å². The van der Waals surface area contributed by atoms with Crippen molar-refractivity contribution in [2.75, 3.05) is 6.54 Å². The van der Waals surface area contributed by atoms with Gasteiger partial charge in [-0.2, -0.15) is 0 Å². The number of benzene rings is 2. The molecule has 1 atom stereocenters. The lowest BCUT2D eigenvalue weighted by Crippen LogP contribution is -2.06. The topological polar surface area (TPSA) is 12.4 Å². The molecule has 2 aromatic carbocycles. The van der Waals surface area contributed by atoms with Gasteiger partial charge in [-0.25, -0.2) is 0 Å². The van der Waals surface area contributed by atoms with E-state index in [1.165, 1.54) is 28.7 Å². The first-order chi connectivity index (χ1) is 10.8. The van der Waals surface area contributed by atoms with Gasteiger partial charge in [-0.15, -0.1) is 0 Å². The Labute approximate surface area is 133 Å². The summed E-state index contributed by atoms with van der Waals surface area (Å²) >= 11 is 0. The molecule has 0 aromatic heterocycles. The Morgan fingerprint density at radius 3 is 2.55 bits per heavy atom. The second-order valence-corrected chi connectivity index (χ2v) is 5.87. The van der Waals surface area contributed by atoms with E-state index < -0.39 is 0 Å². The minimum Gasteiger partial charge on any atom is -0.289 e. The third-order valence-electron chi connectivity index (χ3n) is 4.35. The van der Waals surface area contributed by atoms with Crippen molar-refractivity contribution in [2.45, 2.75) is 32.6 Å². The van der Waals surface area contributed by atoms with Crippen molar-refractivity contribution in [1.29, 1.82) is 0 Å². The first kappa shape index (κ1) is 14.8. The quantitative estimate of drug-likeness (QED) is 0.512. The molecular formula is C21H23N. The number of allylic oxidation sites excluding steroid dienone is 1. The van der Waals surface area contributed by atoms with E-state index in [0.717, 1.165) is 18.7 Å². The molecule has 1 aliphatic rings. The van der Waals surface area contributed by atoms with Crippen LogP contribution in [0.15, 0.2) is 59.6 Å². The Kier molecular flexibility index (Phi) is 4.53. The van der Waals surface area contributed by atoms with Gasteiger partial charge in [0.05, 0.1) is 0 Å². The zero-order chi connectivity index (χ0) is 15.4. The number of hydrogen-bond acceptors (Lipinski definition) is 1. The highest BCUT2D eigenvalue weighted by Crippen LogP contribution is 2.36. The summed E-state index contributed by atoms with van der Waals surface area (Å²) in [5, 5.41) is 0. The molecule has 1 nitrogen and oxygen atoms in total. The van der Waals surface area contributed by atoms with Crippen LogP contribution in [0.5, 0.6) is 0 Å². The SMILES string of the molecule is CCCCN=C(C)c1ccccc1C1C=Cc2ccccc21. The molecule has 1 aliphatic carbocycles. The number of fused-ring (bicyclic) bond motifs is 1. The van der Waals surface area contributed by atoms with Gasteiger partial charge in [0.2, 0.25) is 0 Å². The first-order valence-electron chi connectivity index (χ1n) is 8.18. The van der Waals surface area contributed by atoms with Gasteiger partial charge < -0.3 is 0 Å². The molecule has 0 amide bonds. The van der Waals surface area contributed by atoms with Crippen LogP contribution in [0.3, 0.4) is 0 Å². The van der Waals surface area contributed by atoms with E-state index in [0.29, 0.717) is 5.92 Å². The minimum atomic E-state index is 0.351. The van der Waals surface area contributed by atoms with Crippen molar-refractivity contribution in [3.63, 3.8) is 0 Å². The predicted molar refractivity (Wildman–Crippen MR) is 95.7 cm³/mol. The van der Waals surface area contributed by atoms with Crippen molar-refractivity contribution < 1.29 is 0 Å². The van der Waals surface area contributed by atoms with E-state index in [4.69, 9.17) is 4.99 Å². The van der Waals surface area contributed by atoms with Gasteiger partial charge in [0.25, 0.3) is 0 Å². The van der Waals surface area contributed by atoms with Crippen LogP contribution < -0.4 is 0 Å². The summed E-state index contributed by atoms with van der Waals surface area (Å²) in [6.07, 6.45) is 6.89. The second-order valence-electron chi connectivity index (χ2n) is 5.87. The molecule has 0 saturated carbocycles. The Morgan fingerprint density at radius 1 is 1.00 bits per heavy atom. The summed E-state index contributed by atoms with van der Waals surface area (Å²) in [5.41, 5.74) is 6.53. The van der Waals surface area contributed by atoms with Crippen LogP contribution in [0.1, 0.15) is 54.9 Å². The van der Waals surface area contributed by atoms with Gasteiger partial charge in [-0.1, -0.05) is 74.0 Å². The van der Waals surface area contributed by atoms with Gasteiger partial charge in [0.1, 0.15) is 0 Å². The molecule has 1 unspecified atom stereocenters. The van der Waals surface area contributed by atoms with Crippen molar-refractivity contribution in [1.82, 2.24) is 0 Å². The fraction of sp³-hybridized carbons (Fsp3) is 0.286. The predicted octanol–water partition coefficient (Wildman–Crippen LogP) is 5.45. The van der Waals surface area contributed by atoms with Crippen LogP contribution in [0.4, 0.5) is 0 Å². The second kappa shape index (κ2) is 6.74. The summed E-state index contributed by atoms with van der Waals surface area (Å²) in [6, 6.07) is 17.4. The maximum absolute atomic E-state index is 4.76. The first-order valence-corrected chi connectivity index (χ1v) is 8.18. The average Bonchev–Trinajstić information content (AvgIpc) is 2.99. The number of aliphatic imine (C=N–C) groups is 1. The molecule has 0 heterocycles. The maximum Gasteiger partial charge on any atom is 0.0392 e. The molecule has 0 N–H and O–H groups in total. The molecule has 0 radical (unpaired) electrons. The summed E-state index contributed by atoms with van der Waals surface area (Å²) < 4.78 is 0. The number of hydrogen-bond donors (Lipinski definition) is 0. The van der Waals surface area contributed by atoms with Crippen molar-refractivity contribution in [2.24, 2.45) is 4.99 Å². The van der Waals surface area contributed by atoms with Gasteiger partial charge in [-0.3, -0.25) is 4.99 Å². The van der Waals surface area contributed by atoms with Crippen LogP contribution >= 0.6 is 0 Å². The number of unbranched alkanes of at least 4 members (excludes halogenated alkanes) is 1. The van der Waals surface area contributed by atoms with Gasteiger partial charge >= 0.3 is 0 Å². The fourth-order valence-corrected chi connectivity index (χ4v) is 3.11. The largest absolute Gasteiger partial charge is 0.289 e.